The average Bonchev–Trinajstić information content (AvgIpc) is 3.38. The van der Waals surface area contributed by atoms with Crippen LogP contribution >= 0.6 is 11.8 Å². The predicted molar refractivity (Wildman–Crippen MR) is 156 cm³/mol. The first-order chi connectivity index (χ1) is 19.1. The van der Waals surface area contributed by atoms with Crippen molar-refractivity contribution < 1.29 is 14.5 Å². The molecule has 4 aromatic rings. The Morgan fingerprint density at radius 3 is 2.40 bits per heavy atom. The number of carbonyl (C=O) groups excluding carboxylic acids is 1. The Bertz CT molecular complexity index is 1540. The molecule has 206 valence electrons. The van der Waals surface area contributed by atoms with E-state index >= 15 is 0 Å². The summed E-state index contributed by atoms with van der Waals surface area (Å²) < 4.78 is 7.21. The Morgan fingerprint density at radius 2 is 1.77 bits per heavy atom. The maximum atomic E-state index is 12.6. The minimum absolute atomic E-state index is 0.0205. The quantitative estimate of drug-likeness (QED) is 0.119. The van der Waals surface area contributed by atoms with Gasteiger partial charge in [-0.2, -0.15) is 5.10 Å². The van der Waals surface area contributed by atoms with Crippen molar-refractivity contribution in [3.05, 3.63) is 94.0 Å². The second kappa shape index (κ2) is 12.1. The maximum Gasteiger partial charge on any atom is 0.270 e. The molecular weight excluding hydrogens is 528 g/mol. The van der Waals surface area contributed by atoms with Crippen molar-refractivity contribution in [3.8, 4) is 22.8 Å². The van der Waals surface area contributed by atoms with Crippen LogP contribution in [0, 0.1) is 10.1 Å². The van der Waals surface area contributed by atoms with Crippen LogP contribution in [0.1, 0.15) is 38.8 Å². The molecule has 4 rings (SSSR count). The number of carbonyl (C=O) groups is 1. The fourth-order valence-corrected chi connectivity index (χ4v) is 4.60. The number of methoxy groups -OCH3 is 1. The second-order valence-corrected chi connectivity index (χ2v) is 10.9. The van der Waals surface area contributed by atoms with E-state index in [0.717, 1.165) is 17.0 Å². The van der Waals surface area contributed by atoms with Crippen LogP contribution in [0.4, 0.5) is 5.69 Å². The minimum atomic E-state index is -0.474. The van der Waals surface area contributed by atoms with Crippen molar-refractivity contribution >= 4 is 29.1 Å². The van der Waals surface area contributed by atoms with Gasteiger partial charge in [0.15, 0.2) is 11.0 Å². The molecule has 1 amide bonds. The van der Waals surface area contributed by atoms with Crippen LogP contribution in [0.3, 0.4) is 0 Å². The first kappa shape index (κ1) is 28.5. The topological polar surface area (TPSA) is 125 Å². The molecule has 3 aromatic carbocycles. The van der Waals surface area contributed by atoms with E-state index in [0.29, 0.717) is 22.3 Å². The molecule has 0 saturated carbocycles. The lowest BCUT2D eigenvalue weighted by molar-refractivity contribution is -0.384. The lowest BCUT2D eigenvalue weighted by Gasteiger charge is -2.19. The highest BCUT2D eigenvalue weighted by molar-refractivity contribution is 7.99. The van der Waals surface area contributed by atoms with Gasteiger partial charge in [-0.05, 0) is 42.2 Å². The Morgan fingerprint density at radius 1 is 1.07 bits per heavy atom. The number of thioether (sulfide) groups is 1. The molecular formula is C29H30N6O4S. The van der Waals surface area contributed by atoms with Crippen molar-refractivity contribution in [1.29, 1.82) is 0 Å². The molecule has 11 heteroatoms. The number of amides is 1. The third kappa shape index (κ3) is 6.73. The number of hydrazone groups is 1. The number of nitro benzene ring substituents is 1. The van der Waals surface area contributed by atoms with Crippen molar-refractivity contribution in [2.24, 2.45) is 5.10 Å². The van der Waals surface area contributed by atoms with Gasteiger partial charge in [0, 0.05) is 28.9 Å². The highest BCUT2D eigenvalue weighted by Crippen LogP contribution is 2.30. The monoisotopic (exact) mass is 558 g/mol. The van der Waals surface area contributed by atoms with Gasteiger partial charge in [0.05, 0.1) is 23.5 Å². The Balaban J connectivity index is 1.55. The van der Waals surface area contributed by atoms with Gasteiger partial charge in [0.25, 0.3) is 11.6 Å². The van der Waals surface area contributed by atoms with E-state index in [2.05, 4.69) is 53.6 Å². The average molecular weight is 559 g/mol. The molecule has 1 N–H and O–H groups in total. The first-order valence-corrected chi connectivity index (χ1v) is 13.5. The lowest BCUT2D eigenvalue weighted by Crippen LogP contribution is -2.21. The zero-order chi connectivity index (χ0) is 28.9. The number of hydrogen-bond acceptors (Lipinski definition) is 8. The standard InChI is InChI=1S/C29H30N6O4S/c1-19(21-7-6-8-24(17-21)35(37)38)30-31-26(36)18-40-28-33-32-27(20-9-11-22(12-10-20)29(2,3)4)34(28)23-13-15-25(39-5)16-14-23/h6-17H,18H2,1-5H3,(H,31,36). The molecule has 10 nitrogen and oxygen atoms in total. The SMILES string of the molecule is COc1ccc(-n2c(SCC(=O)NN=C(C)c3cccc([N+](=O)[O-])c3)nnc2-c2ccc(C(C)(C)C)cc2)cc1. The fraction of sp³-hybridized carbons (Fsp3) is 0.241. The van der Waals surface area contributed by atoms with Crippen LogP contribution in [-0.2, 0) is 10.2 Å². The van der Waals surface area contributed by atoms with Crippen LogP contribution in [-0.4, -0.2) is 44.2 Å². The van der Waals surface area contributed by atoms with E-state index in [4.69, 9.17) is 4.74 Å². The number of benzene rings is 3. The molecule has 1 heterocycles. The molecule has 0 radical (unpaired) electrons. The van der Waals surface area contributed by atoms with E-state index in [1.807, 2.05) is 41.0 Å². The van der Waals surface area contributed by atoms with Gasteiger partial charge in [0.2, 0.25) is 0 Å². The number of nitro groups is 1. The summed E-state index contributed by atoms with van der Waals surface area (Å²) in [5, 5.41) is 24.5. The van der Waals surface area contributed by atoms with E-state index in [1.165, 1.54) is 29.5 Å². The maximum absolute atomic E-state index is 12.6. The van der Waals surface area contributed by atoms with Crippen molar-refractivity contribution in [1.82, 2.24) is 20.2 Å². The summed E-state index contributed by atoms with van der Waals surface area (Å²) in [5.74, 6) is 1.05. The summed E-state index contributed by atoms with van der Waals surface area (Å²) in [6.45, 7) is 8.16. The number of nitrogens with zero attached hydrogens (tertiary/aromatic N) is 5. The van der Waals surface area contributed by atoms with Crippen LogP contribution in [0.2, 0.25) is 0 Å². The number of hydrogen-bond donors (Lipinski definition) is 1. The molecule has 40 heavy (non-hydrogen) atoms. The van der Waals surface area contributed by atoms with Gasteiger partial charge in [0.1, 0.15) is 5.75 Å². The Labute approximate surface area is 236 Å². The van der Waals surface area contributed by atoms with Gasteiger partial charge >= 0.3 is 0 Å². The molecule has 0 aliphatic carbocycles. The molecule has 0 atom stereocenters. The van der Waals surface area contributed by atoms with Gasteiger partial charge < -0.3 is 4.74 Å². The van der Waals surface area contributed by atoms with Crippen molar-refractivity contribution in [3.63, 3.8) is 0 Å². The third-order valence-corrected chi connectivity index (χ3v) is 7.06. The smallest absolute Gasteiger partial charge is 0.270 e. The fourth-order valence-electron chi connectivity index (χ4n) is 3.85. The van der Waals surface area contributed by atoms with Crippen LogP contribution in [0.5, 0.6) is 5.75 Å². The van der Waals surface area contributed by atoms with E-state index < -0.39 is 4.92 Å². The summed E-state index contributed by atoms with van der Waals surface area (Å²) in [4.78, 5) is 23.2. The zero-order valence-electron chi connectivity index (χ0n) is 22.9. The number of non-ortho nitro benzene ring substituents is 1. The number of rotatable bonds is 9. The largest absolute Gasteiger partial charge is 0.497 e. The molecule has 0 aliphatic heterocycles. The Hall–Kier alpha value is -4.51. The van der Waals surface area contributed by atoms with Crippen LogP contribution in [0.25, 0.3) is 17.1 Å². The van der Waals surface area contributed by atoms with Crippen molar-refractivity contribution in [2.45, 2.75) is 38.3 Å². The molecule has 0 spiro atoms. The van der Waals surface area contributed by atoms with Gasteiger partial charge in [-0.3, -0.25) is 19.5 Å². The number of aromatic nitrogens is 3. The van der Waals surface area contributed by atoms with Gasteiger partial charge in [-0.25, -0.2) is 5.43 Å². The minimum Gasteiger partial charge on any atom is -0.497 e. The normalized spacial score (nSPS) is 11.8. The summed E-state index contributed by atoms with van der Waals surface area (Å²) in [5.41, 5.74) is 6.41. The summed E-state index contributed by atoms with van der Waals surface area (Å²) in [6, 6.07) is 21.8. The van der Waals surface area contributed by atoms with E-state index in [-0.39, 0.29) is 22.8 Å². The molecule has 0 saturated heterocycles. The third-order valence-electron chi connectivity index (χ3n) is 6.13. The summed E-state index contributed by atoms with van der Waals surface area (Å²) >= 11 is 1.22. The van der Waals surface area contributed by atoms with Crippen molar-refractivity contribution in [2.75, 3.05) is 12.9 Å². The van der Waals surface area contributed by atoms with Crippen LogP contribution in [0.15, 0.2) is 83.1 Å². The zero-order valence-corrected chi connectivity index (χ0v) is 23.7. The second-order valence-electron chi connectivity index (χ2n) is 10.00. The summed E-state index contributed by atoms with van der Waals surface area (Å²) in [7, 11) is 1.61. The highest BCUT2D eigenvalue weighted by Gasteiger charge is 2.19. The lowest BCUT2D eigenvalue weighted by atomic mass is 9.87. The molecule has 1 aromatic heterocycles. The first-order valence-electron chi connectivity index (χ1n) is 12.5. The van der Waals surface area contributed by atoms with Gasteiger partial charge in [-0.1, -0.05) is 68.9 Å². The Kier molecular flexibility index (Phi) is 8.64. The molecule has 0 unspecified atom stereocenters. The van der Waals surface area contributed by atoms with E-state index in [1.54, 1.807) is 26.2 Å². The number of ether oxygens (including phenoxy) is 1. The summed E-state index contributed by atoms with van der Waals surface area (Å²) in [6.07, 6.45) is 0. The van der Waals surface area contributed by atoms with Gasteiger partial charge in [-0.15, -0.1) is 10.2 Å². The van der Waals surface area contributed by atoms with E-state index in [9.17, 15) is 14.9 Å². The molecule has 0 aliphatic rings. The molecule has 0 bridgehead atoms. The highest BCUT2D eigenvalue weighted by atomic mass is 32.2. The molecule has 0 fully saturated rings. The number of nitrogens with one attached hydrogen (secondary N) is 1. The predicted octanol–water partition coefficient (Wildman–Crippen LogP) is 5.78. The van der Waals surface area contributed by atoms with Crippen LogP contribution < -0.4 is 10.2 Å².